The molecule has 1 heterocycles. The van der Waals surface area contributed by atoms with Crippen molar-refractivity contribution in [3.63, 3.8) is 0 Å². The van der Waals surface area contributed by atoms with E-state index in [-0.39, 0.29) is 5.96 Å². The SMILES string of the molecule is Cc1[nH]c2ccccc2c1C=NN=C(N)N. The molecule has 0 aliphatic carbocycles. The van der Waals surface area contributed by atoms with E-state index >= 15 is 0 Å². The number of nitrogens with one attached hydrogen (secondary N) is 1. The van der Waals surface area contributed by atoms with Gasteiger partial charge in [-0.15, -0.1) is 5.10 Å². The lowest BCUT2D eigenvalue weighted by molar-refractivity contribution is 1.21. The summed E-state index contributed by atoms with van der Waals surface area (Å²) in [6.45, 7) is 1.98. The van der Waals surface area contributed by atoms with Crippen LogP contribution in [0.25, 0.3) is 10.9 Å². The molecule has 0 spiro atoms. The lowest BCUT2D eigenvalue weighted by atomic mass is 10.1. The third-order valence-electron chi connectivity index (χ3n) is 2.30. The van der Waals surface area contributed by atoms with Crippen LogP contribution in [0.5, 0.6) is 0 Å². The van der Waals surface area contributed by atoms with Crippen molar-refractivity contribution in [3.05, 3.63) is 35.5 Å². The number of fused-ring (bicyclic) bond motifs is 1. The van der Waals surface area contributed by atoms with Gasteiger partial charge in [-0.3, -0.25) is 0 Å². The molecule has 0 saturated carbocycles. The summed E-state index contributed by atoms with van der Waals surface area (Å²) in [5, 5.41) is 8.50. The minimum atomic E-state index is -0.0475. The quantitative estimate of drug-likeness (QED) is 0.397. The number of benzene rings is 1. The van der Waals surface area contributed by atoms with E-state index in [1.807, 2.05) is 31.2 Å². The number of guanidine groups is 1. The fourth-order valence-corrected chi connectivity index (χ4v) is 1.62. The van der Waals surface area contributed by atoms with Gasteiger partial charge in [-0.25, -0.2) is 0 Å². The number of aromatic amines is 1. The summed E-state index contributed by atoms with van der Waals surface area (Å²) in [4.78, 5) is 3.26. The number of aryl methyl sites for hydroxylation is 1. The number of nitrogens with two attached hydrogens (primary N) is 2. The summed E-state index contributed by atoms with van der Waals surface area (Å²) in [6.07, 6.45) is 1.65. The number of nitrogens with zero attached hydrogens (tertiary/aromatic N) is 2. The molecule has 2 aromatic rings. The van der Waals surface area contributed by atoms with Crippen LogP contribution in [0.3, 0.4) is 0 Å². The average Bonchev–Trinajstić information content (AvgIpc) is 2.55. The van der Waals surface area contributed by atoms with Gasteiger partial charge >= 0.3 is 0 Å². The van der Waals surface area contributed by atoms with Crippen molar-refractivity contribution in [2.75, 3.05) is 0 Å². The molecular formula is C11H13N5. The lowest BCUT2D eigenvalue weighted by Crippen LogP contribution is -2.21. The summed E-state index contributed by atoms with van der Waals surface area (Å²) < 4.78 is 0. The first kappa shape index (κ1) is 10.2. The highest BCUT2D eigenvalue weighted by atomic mass is 15.3. The average molecular weight is 215 g/mol. The largest absolute Gasteiger partial charge is 0.369 e. The fourth-order valence-electron chi connectivity index (χ4n) is 1.62. The molecule has 2 rings (SSSR count). The zero-order valence-electron chi connectivity index (χ0n) is 8.94. The predicted octanol–water partition coefficient (Wildman–Crippen LogP) is 1.08. The number of para-hydroxylation sites is 1. The number of hydrogen-bond acceptors (Lipinski definition) is 2. The zero-order valence-corrected chi connectivity index (χ0v) is 8.94. The van der Waals surface area contributed by atoms with E-state index in [0.717, 1.165) is 22.2 Å². The predicted molar refractivity (Wildman–Crippen MR) is 66.4 cm³/mol. The standard InChI is InChI=1S/C11H13N5/c1-7-9(6-14-16-11(12)13)8-4-2-3-5-10(8)15-7/h2-6,15H,1H3,(H4,12,13,16). The maximum Gasteiger partial charge on any atom is 0.211 e. The molecule has 5 heteroatoms. The molecule has 0 fully saturated rings. The van der Waals surface area contributed by atoms with Gasteiger partial charge in [0.1, 0.15) is 0 Å². The minimum Gasteiger partial charge on any atom is -0.369 e. The number of hydrogen-bond donors (Lipinski definition) is 3. The van der Waals surface area contributed by atoms with E-state index in [1.54, 1.807) is 6.21 Å². The van der Waals surface area contributed by atoms with Crippen molar-refractivity contribution < 1.29 is 0 Å². The third-order valence-corrected chi connectivity index (χ3v) is 2.30. The molecule has 0 unspecified atom stereocenters. The zero-order chi connectivity index (χ0) is 11.5. The van der Waals surface area contributed by atoms with Crippen LogP contribution in [-0.2, 0) is 0 Å². The Morgan fingerprint density at radius 2 is 2.06 bits per heavy atom. The van der Waals surface area contributed by atoms with E-state index in [4.69, 9.17) is 11.5 Å². The molecule has 82 valence electrons. The first-order valence-corrected chi connectivity index (χ1v) is 4.88. The molecule has 5 N–H and O–H groups in total. The first-order valence-electron chi connectivity index (χ1n) is 4.88. The molecule has 0 bridgehead atoms. The topological polar surface area (TPSA) is 92.5 Å². The van der Waals surface area contributed by atoms with Gasteiger partial charge in [0.25, 0.3) is 0 Å². The fraction of sp³-hybridized carbons (Fsp3) is 0.0909. The highest BCUT2D eigenvalue weighted by Gasteiger charge is 2.04. The van der Waals surface area contributed by atoms with Crippen LogP contribution >= 0.6 is 0 Å². The number of rotatable bonds is 2. The van der Waals surface area contributed by atoms with Crippen molar-refractivity contribution in [2.24, 2.45) is 21.7 Å². The lowest BCUT2D eigenvalue weighted by Gasteiger charge is -1.91. The molecule has 16 heavy (non-hydrogen) atoms. The second kappa shape index (κ2) is 4.06. The molecule has 0 amide bonds. The van der Waals surface area contributed by atoms with Gasteiger partial charge in [-0.1, -0.05) is 18.2 Å². The Balaban J connectivity index is 2.47. The second-order valence-electron chi connectivity index (χ2n) is 3.48. The Bertz CT molecular complexity index is 561. The molecule has 1 aromatic carbocycles. The van der Waals surface area contributed by atoms with Crippen molar-refractivity contribution in [3.8, 4) is 0 Å². The summed E-state index contributed by atoms with van der Waals surface area (Å²) in [5.41, 5.74) is 13.5. The summed E-state index contributed by atoms with van der Waals surface area (Å²) in [6, 6.07) is 8.00. The Morgan fingerprint density at radius 3 is 2.81 bits per heavy atom. The van der Waals surface area contributed by atoms with E-state index in [2.05, 4.69) is 15.2 Å². The van der Waals surface area contributed by atoms with Crippen LogP contribution in [0.2, 0.25) is 0 Å². The van der Waals surface area contributed by atoms with Crippen LogP contribution in [-0.4, -0.2) is 17.2 Å². The van der Waals surface area contributed by atoms with E-state index < -0.39 is 0 Å². The highest BCUT2D eigenvalue weighted by molar-refractivity contribution is 6.00. The molecule has 1 aromatic heterocycles. The Kier molecular flexibility index (Phi) is 2.59. The Morgan fingerprint density at radius 1 is 1.31 bits per heavy atom. The summed E-state index contributed by atoms with van der Waals surface area (Å²) >= 11 is 0. The molecule has 0 aliphatic rings. The maximum absolute atomic E-state index is 5.19. The van der Waals surface area contributed by atoms with Gasteiger partial charge in [-0.05, 0) is 13.0 Å². The van der Waals surface area contributed by atoms with E-state index in [9.17, 15) is 0 Å². The van der Waals surface area contributed by atoms with Crippen LogP contribution in [0.15, 0.2) is 34.5 Å². The molecule has 0 atom stereocenters. The van der Waals surface area contributed by atoms with E-state index in [1.165, 1.54) is 0 Å². The monoisotopic (exact) mass is 215 g/mol. The van der Waals surface area contributed by atoms with Gasteiger partial charge in [-0.2, -0.15) is 5.10 Å². The van der Waals surface area contributed by atoms with Gasteiger partial charge in [0, 0.05) is 22.2 Å². The molecule has 5 nitrogen and oxygen atoms in total. The maximum atomic E-state index is 5.19. The van der Waals surface area contributed by atoms with Crippen LogP contribution < -0.4 is 11.5 Å². The first-order chi connectivity index (χ1) is 7.68. The smallest absolute Gasteiger partial charge is 0.211 e. The van der Waals surface area contributed by atoms with Crippen molar-refractivity contribution >= 4 is 23.1 Å². The van der Waals surface area contributed by atoms with Gasteiger partial charge in [0.2, 0.25) is 5.96 Å². The van der Waals surface area contributed by atoms with Crippen LogP contribution in [0.4, 0.5) is 0 Å². The minimum absolute atomic E-state index is 0.0475. The van der Waals surface area contributed by atoms with Crippen LogP contribution in [0, 0.1) is 6.92 Å². The molecule has 0 aliphatic heterocycles. The highest BCUT2D eigenvalue weighted by Crippen LogP contribution is 2.19. The van der Waals surface area contributed by atoms with Crippen molar-refractivity contribution in [2.45, 2.75) is 6.92 Å². The van der Waals surface area contributed by atoms with Crippen LogP contribution in [0.1, 0.15) is 11.3 Å². The second-order valence-corrected chi connectivity index (χ2v) is 3.48. The Hall–Kier alpha value is -2.30. The third kappa shape index (κ3) is 1.88. The normalized spacial score (nSPS) is 11.1. The summed E-state index contributed by atoms with van der Waals surface area (Å²) in [7, 11) is 0. The molecule has 0 radical (unpaired) electrons. The number of aromatic nitrogens is 1. The van der Waals surface area contributed by atoms with Crippen molar-refractivity contribution in [1.29, 1.82) is 0 Å². The van der Waals surface area contributed by atoms with Crippen molar-refractivity contribution in [1.82, 2.24) is 4.98 Å². The number of H-pyrrole nitrogens is 1. The van der Waals surface area contributed by atoms with Gasteiger partial charge < -0.3 is 16.5 Å². The van der Waals surface area contributed by atoms with E-state index in [0.29, 0.717) is 0 Å². The Labute approximate surface area is 92.9 Å². The molecule has 0 saturated heterocycles. The summed E-state index contributed by atoms with van der Waals surface area (Å²) in [5.74, 6) is -0.0475. The molecular weight excluding hydrogens is 202 g/mol. The van der Waals surface area contributed by atoms with Gasteiger partial charge in [0.15, 0.2) is 0 Å². The van der Waals surface area contributed by atoms with Gasteiger partial charge in [0.05, 0.1) is 6.21 Å².